The molecule has 0 radical (unpaired) electrons. The number of hydrogen-bond acceptors (Lipinski definition) is 4. The third-order valence-electron chi connectivity index (χ3n) is 5.66. The van der Waals surface area contributed by atoms with E-state index < -0.39 is 5.54 Å². The van der Waals surface area contributed by atoms with Crippen molar-refractivity contribution < 1.29 is 9.53 Å². The lowest BCUT2D eigenvalue weighted by atomic mass is 9.84. The Kier molecular flexibility index (Phi) is 5.27. The highest BCUT2D eigenvalue weighted by Crippen LogP contribution is 2.37. The molecule has 152 valence electrons. The summed E-state index contributed by atoms with van der Waals surface area (Å²) in [6, 6.07) is 26.0. The van der Waals surface area contributed by atoms with E-state index in [4.69, 9.17) is 10.5 Å². The van der Waals surface area contributed by atoms with E-state index in [-0.39, 0.29) is 11.9 Å². The average Bonchev–Trinajstić information content (AvgIpc) is 3.03. The first kappa shape index (κ1) is 19.7. The molecule has 0 fully saturated rings. The number of hydrogen-bond donors (Lipinski definition) is 1. The van der Waals surface area contributed by atoms with Crippen molar-refractivity contribution in [2.24, 2.45) is 10.7 Å². The summed E-state index contributed by atoms with van der Waals surface area (Å²) in [5, 5.41) is 0. The van der Waals surface area contributed by atoms with Crippen LogP contribution in [-0.2, 0) is 16.8 Å². The number of nitrogens with two attached hydrogens (primary N) is 1. The summed E-state index contributed by atoms with van der Waals surface area (Å²) in [4.78, 5) is 19.2. The summed E-state index contributed by atoms with van der Waals surface area (Å²) in [7, 11) is 3.34. The lowest BCUT2D eigenvalue weighted by Gasteiger charge is -2.25. The molecule has 3 aromatic carbocycles. The van der Waals surface area contributed by atoms with E-state index in [1.54, 1.807) is 14.2 Å². The lowest BCUT2D eigenvalue weighted by molar-refractivity contribution is -0.130. The molecule has 1 aliphatic rings. The van der Waals surface area contributed by atoms with Crippen molar-refractivity contribution >= 4 is 11.9 Å². The van der Waals surface area contributed by atoms with Crippen LogP contribution < -0.4 is 10.5 Å². The molecule has 4 rings (SSSR count). The number of aliphatic imine (C=N–C) groups is 1. The fourth-order valence-corrected chi connectivity index (χ4v) is 3.94. The SMILES string of the molecule is COc1cccc(-c2cccc(CCC3(c4ccccc4)N=C(N)N(C)C3=O)c2)c1. The van der Waals surface area contributed by atoms with Gasteiger partial charge in [0.25, 0.3) is 5.91 Å². The van der Waals surface area contributed by atoms with Gasteiger partial charge in [0.15, 0.2) is 11.5 Å². The minimum absolute atomic E-state index is 0.0878. The second-order valence-electron chi connectivity index (χ2n) is 7.49. The predicted octanol–water partition coefficient (Wildman–Crippen LogP) is 3.98. The molecule has 3 aromatic rings. The second-order valence-corrected chi connectivity index (χ2v) is 7.49. The van der Waals surface area contributed by atoms with E-state index in [1.165, 1.54) is 4.90 Å². The Balaban J connectivity index is 1.63. The number of ether oxygens (including phenoxy) is 1. The van der Waals surface area contributed by atoms with Gasteiger partial charge in [-0.15, -0.1) is 0 Å². The number of aryl methyl sites for hydroxylation is 1. The van der Waals surface area contributed by atoms with Crippen LogP contribution in [0.3, 0.4) is 0 Å². The predicted molar refractivity (Wildman–Crippen MR) is 119 cm³/mol. The molecule has 5 heteroatoms. The Hall–Kier alpha value is -3.60. The minimum Gasteiger partial charge on any atom is -0.497 e. The van der Waals surface area contributed by atoms with Crippen molar-refractivity contribution in [1.29, 1.82) is 0 Å². The molecule has 0 spiro atoms. The van der Waals surface area contributed by atoms with Crippen LogP contribution in [0, 0.1) is 0 Å². The molecule has 0 aromatic heterocycles. The third-order valence-corrected chi connectivity index (χ3v) is 5.66. The van der Waals surface area contributed by atoms with Crippen molar-refractivity contribution in [3.63, 3.8) is 0 Å². The molecule has 30 heavy (non-hydrogen) atoms. The third kappa shape index (κ3) is 3.54. The van der Waals surface area contributed by atoms with Crippen molar-refractivity contribution in [2.45, 2.75) is 18.4 Å². The molecule has 1 amide bonds. The highest BCUT2D eigenvalue weighted by molar-refractivity contribution is 6.06. The molecule has 1 heterocycles. The van der Waals surface area contributed by atoms with Gasteiger partial charge in [0.2, 0.25) is 0 Å². The average molecular weight is 399 g/mol. The van der Waals surface area contributed by atoms with Gasteiger partial charge in [-0.1, -0.05) is 66.7 Å². The number of methoxy groups -OCH3 is 1. The zero-order valence-electron chi connectivity index (χ0n) is 17.2. The molecule has 0 aliphatic carbocycles. The Morgan fingerprint density at radius 1 is 0.967 bits per heavy atom. The normalized spacial score (nSPS) is 18.4. The maximum absolute atomic E-state index is 13.1. The number of carbonyl (C=O) groups is 1. The van der Waals surface area contributed by atoms with Gasteiger partial charge in [-0.3, -0.25) is 9.69 Å². The first-order valence-corrected chi connectivity index (χ1v) is 9.96. The Bertz CT molecular complexity index is 1090. The molecular formula is C25H25N3O2. The Labute approximate surface area is 176 Å². The van der Waals surface area contributed by atoms with E-state index in [0.29, 0.717) is 12.8 Å². The quantitative estimate of drug-likeness (QED) is 0.682. The summed E-state index contributed by atoms with van der Waals surface area (Å²) < 4.78 is 5.35. The number of rotatable bonds is 6. The molecule has 0 bridgehead atoms. The number of guanidine groups is 1. The topological polar surface area (TPSA) is 67.9 Å². The van der Waals surface area contributed by atoms with Crippen LogP contribution in [0.5, 0.6) is 5.75 Å². The number of likely N-dealkylation sites (N-methyl/N-ethyl adjacent to an activating group) is 1. The first-order chi connectivity index (χ1) is 14.5. The summed E-state index contributed by atoms with van der Waals surface area (Å²) in [5.74, 6) is 0.995. The smallest absolute Gasteiger partial charge is 0.261 e. The minimum atomic E-state index is -0.980. The van der Waals surface area contributed by atoms with Gasteiger partial charge >= 0.3 is 0 Å². The van der Waals surface area contributed by atoms with Crippen molar-refractivity contribution in [2.75, 3.05) is 14.2 Å². The summed E-state index contributed by atoms with van der Waals surface area (Å²) >= 11 is 0. The van der Waals surface area contributed by atoms with Crippen LogP contribution >= 0.6 is 0 Å². The summed E-state index contributed by atoms with van der Waals surface area (Å²) in [6.45, 7) is 0. The summed E-state index contributed by atoms with van der Waals surface area (Å²) in [5.41, 5.74) is 9.25. The van der Waals surface area contributed by atoms with Crippen molar-refractivity contribution in [1.82, 2.24) is 4.90 Å². The van der Waals surface area contributed by atoms with E-state index >= 15 is 0 Å². The number of amides is 1. The molecule has 1 unspecified atom stereocenters. The van der Waals surface area contributed by atoms with Crippen LogP contribution in [-0.4, -0.2) is 30.9 Å². The van der Waals surface area contributed by atoms with Gasteiger partial charge in [0, 0.05) is 7.05 Å². The van der Waals surface area contributed by atoms with E-state index in [0.717, 1.165) is 28.0 Å². The zero-order valence-corrected chi connectivity index (χ0v) is 17.2. The highest BCUT2D eigenvalue weighted by Gasteiger charge is 2.47. The summed E-state index contributed by atoms with van der Waals surface area (Å²) in [6.07, 6.45) is 1.24. The monoisotopic (exact) mass is 399 g/mol. The van der Waals surface area contributed by atoms with Gasteiger partial charge in [-0.2, -0.15) is 0 Å². The lowest BCUT2D eigenvalue weighted by Crippen LogP contribution is -2.40. The Morgan fingerprint density at radius 2 is 1.67 bits per heavy atom. The Morgan fingerprint density at radius 3 is 2.33 bits per heavy atom. The van der Waals surface area contributed by atoms with Crippen molar-refractivity contribution in [3.05, 3.63) is 90.0 Å². The van der Waals surface area contributed by atoms with Crippen LogP contribution in [0.1, 0.15) is 17.5 Å². The van der Waals surface area contributed by atoms with E-state index in [2.05, 4.69) is 29.3 Å². The fraction of sp³-hybridized carbons (Fsp3) is 0.200. The number of nitrogens with zero attached hydrogens (tertiary/aromatic N) is 2. The van der Waals surface area contributed by atoms with Gasteiger partial charge in [0.05, 0.1) is 7.11 Å². The van der Waals surface area contributed by atoms with E-state index in [1.807, 2.05) is 54.6 Å². The van der Waals surface area contributed by atoms with Crippen LogP contribution in [0.25, 0.3) is 11.1 Å². The maximum Gasteiger partial charge on any atom is 0.261 e. The van der Waals surface area contributed by atoms with Gasteiger partial charge in [-0.05, 0) is 47.2 Å². The van der Waals surface area contributed by atoms with Crippen LogP contribution in [0.4, 0.5) is 0 Å². The molecular weight excluding hydrogens is 374 g/mol. The molecule has 2 N–H and O–H groups in total. The first-order valence-electron chi connectivity index (χ1n) is 9.96. The standard InChI is InChI=1S/C25H25N3O2/c1-28-23(29)25(27-24(28)26,21-11-4-3-5-12-21)15-14-18-8-6-9-19(16-18)20-10-7-13-22(17-20)30-2/h3-13,16-17H,14-15H2,1-2H3,(H2,26,27). The maximum atomic E-state index is 13.1. The fourth-order valence-electron chi connectivity index (χ4n) is 3.94. The molecule has 0 saturated heterocycles. The largest absolute Gasteiger partial charge is 0.497 e. The molecule has 1 atom stereocenters. The van der Waals surface area contributed by atoms with Gasteiger partial charge in [0.1, 0.15) is 5.75 Å². The zero-order chi connectivity index (χ0) is 21.1. The molecule has 5 nitrogen and oxygen atoms in total. The highest BCUT2D eigenvalue weighted by atomic mass is 16.5. The van der Waals surface area contributed by atoms with Crippen LogP contribution in [0.2, 0.25) is 0 Å². The van der Waals surface area contributed by atoms with Gasteiger partial charge < -0.3 is 10.5 Å². The molecule has 0 saturated carbocycles. The second kappa shape index (κ2) is 8.03. The van der Waals surface area contributed by atoms with Gasteiger partial charge in [-0.25, -0.2) is 4.99 Å². The molecule has 1 aliphatic heterocycles. The number of benzene rings is 3. The van der Waals surface area contributed by atoms with E-state index in [9.17, 15) is 4.79 Å². The van der Waals surface area contributed by atoms with Crippen LogP contribution in [0.15, 0.2) is 83.9 Å². The number of carbonyl (C=O) groups excluding carboxylic acids is 1. The van der Waals surface area contributed by atoms with Crippen molar-refractivity contribution in [3.8, 4) is 16.9 Å².